The van der Waals surface area contributed by atoms with Crippen LogP contribution in [-0.2, 0) is 9.59 Å². The minimum atomic E-state index is -0.183. The summed E-state index contributed by atoms with van der Waals surface area (Å²) in [4.78, 5) is 26.6. The molecule has 2 N–H and O–H groups in total. The van der Waals surface area contributed by atoms with Crippen molar-refractivity contribution in [1.82, 2.24) is 4.90 Å². The number of para-hydroxylation sites is 2. The zero-order chi connectivity index (χ0) is 15.5. The third-order valence-electron chi connectivity index (χ3n) is 4.14. The highest BCUT2D eigenvalue weighted by atomic mass is 16.2. The minimum Gasteiger partial charge on any atom is -0.349 e. The van der Waals surface area contributed by atoms with Crippen LogP contribution in [0.3, 0.4) is 0 Å². The van der Waals surface area contributed by atoms with Gasteiger partial charge in [-0.1, -0.05) is 38.3 Å². The first-order valence-corrected chi connectivity index (χ1v) is 7.90. The van der Waals surface area contributed by atoms with E-state index in [4.69, 9.17) is 0 Å². The van der Waals surface area contributed by atoms with Crippen LogP contribution in [0.5, 0.6) is 0 Å². The van der Waals surface area contributed by atoms with E-state index < -0.39 is 0 Å². The van der Waals surface area contributed by atoms with E-state index in [1.54, 1.807) is 4.90 Å². The Kier molecular flexibility index (Phi) is 4.13. The van der Waals surface area contributed by atoms with Gasteiger partial charge in [0.2, 0.25) is 0 Å². The lowest BCUT2D eigenvalue weighted by Crippen LogP contribution is -2.30. The highest BCUT2D eigenvalue weighted by Gasteiger charge is 2.35. The molecule has 2 aliphatic rings. The molecule has 0 bridgehead atoms. The first-order chi connectivity index (χ1) is 10.7. The lowest BCUT2D eigenvalue weighted by atomic mass is 10.2. The number of hydrogen-bond donors (Lipinski definition) is 2. The number of benzene rings is 1. The second-order valence-electron chi connectivity index (χ2n) is 5.77. The Morgan fingerprint density at radius 3 is 2.50 bits per heavy atom. The van der Waals surface area contributed by atoms with Crippen LogP contribution in [-0.4, -0.2) is 29.8 Å². The number of fused-ring (bicyclic) bond motifs is 1. The molecular formula is C17H21N3O2. The molecular weight excluding hydrogens is 278 g/mol. The van der Waals surface area contributed by atoms with Gasteiger partial charge in [-0.2, -0.15) is 0 Å². The predicted octanol–water partition coefficient (Wildman–Crippen LogP) is 2.73. The highest BCUT2D eigenvalue weighted by molar-refractivity contribution is 6.16. The summed E-state index contributed by atoms with van der Waals surface area (Å²) in [6, 6.07) is 7.43. The van der Waals surface area contributed by atoms with Gasteiger partial charge in [-0.05, 0) is 18.6 Å². The van der Waals surface area contributed by atoms with E-state index in [9.17, 15) is 9.59 Å². The predicted molar refractivity (Wildman–Crippen MR) is 86.4 cm³/mol. The van der Waals surface area contributed by atoms with E-state index in [0.29, 0.717) is 30.0 Å². The molecule has 0 radical (unpaired) electrons. The number of hydrogen-bond acceptors (Lipinski definition) is 3. The second kappa shape index (κ2) is 6.22. The van der Waals surface area contributed by atoms with E-state index in [1.165, 1.54) is 12.8 Å². The number of nitrogens with one attached hydrogen (secondary N) is 2. The zero-order valence-electron chi connectivity index (χ0n) is 12.8. The van der Waals surface area contributed by atoms with Crippen molar-refractivity contribution in [2.75, 3.05) is 23.7 Å². The molecule has 2 aliphatic heterocycles. The maximum Gasteiger partial charge on any atom is 0.271 e. The molecule has 2 heterocycles. The topological polar surface area (TPSA) is 61.4 Å². The van der Waals surface area contributed by atoms with Crippen LogP contribution < -0.4 is 10.6 Å². The number of unbranched alkanes of at least 4 members (excludes halogenated alkanes) is 3. The van der Waals surface area contributed by atoms with E-state index in [2.05, 4.69) is 17.6 Å². The highest BCUT2D eigenvalue weighted by Crippen LogP contribution is 2.31. The minimum absolute atomic E-state index is 0.0710. The van der Waals surface area contributed by atoms with Crippen molar-refractivity contribution in [1.29, 1.82) is 0 Å². The summed E-state index contributed by atoms with van der Waals surface area (Å²) in [5.74, 6) is -0.254. The van der Waals surface area contributed by atoms with Gasteiger partial charge in [0.25, 0.3) is 11.8 Å². The van der Waals surface area contributed by atoms with Crippen molar-refractivity contribution in [2.24, 2.45) is 0 Å². The summed E-state index contributed by atoms with van der Waals surface area (Å²) in [5, 5.41) is 6.01. The molecule has 0 unspecified atom stereocenters. The summed E-state index contributed by atoms with van der Waals surface area (Å²) < 4.78 is 0. The van der Waals surface area contributed by atoms with Crippen molar-refractivity contribution in [3.8, 4) is 0 Å². The Bertz CT molecular complexity index is 637. The third kappa shape index (κ3) is 2.71. The zero-order valence-corrected chi connectivity index (χ0v) is 12.8. The van der Waals surface area contributed by atoms with Gasteiger partial charge in [-0.15, -0.1) is 0 Å². The summed E-state index contributed by atoms with van der Waals surface area (Å²) in [5.41, 5.74) is 2.45. The molecule has 2 amide bonds. The molecule has 22 heavy (non-hydrogen) atoms. The third-order valence-corrected chi connectivity index (χ3v) is 4.14. The number of amides is 2. The average Bonchev–Trinajstić information content (AvgIpc) is 2.74. The molecule has 1 aromatic carbocycles. The summed E-state index contributed by atoms with van der Waals surface area (Å²) in [6.45, 7) is 3.27. The quantitative estimate of drug-likeness (QED) is 0.822. The van der Waals surface area contributed by atoms with Crippen LogP contribution in [0, 0.1) is 0 Å². The molecule has 0 saturated carbocycles. The van der Waals surface area contributed by atoms with E-state index in [-0.39, 0.29) is 11.8 Å². The van der Waals surface area contributed by atoms with Crippen molar-refractivity contribution in [2.45, 2.75) is 32.6 Å². The Labute approximate surface area is 130 Å². The number of carbonyl (C=O) groups is 2. The molecule has 0 aromatic heterocycles. The molecule has 0 atom stereocenters. The fourth-order valence-electron chi connectivity index (χ4n) is 2.89. The van der Waals surface area contributed by atoms with Gasteiger partial charge in [0.1, 0.15) is 5.70 Å². The Hall–Kier alpha value is -2.30. The second-order valence-corrected chi connectivity index (χ2v) is 5.77. The van der Waals surface area contributed by atoms with Crippen LogP contribution in [0.4, 0.5) is 11.4 Å². The summed E-state index contributed by atoms with van der Waals surface area (Å²) in [6.07, 6.45) is 4.45. The molecule has 0 aliphatic carbocycles. The van der Waals surface area contributed by atoms with Gasteiger partial charge < -0.3 is 15.5 Å². The Morgan fingerprint density at radius 1 is 1.05 bits per heavy atom. The first-order valence-electron chi connectivity index (χ1n) is 7.90. The summed E-state index contributed by atoms with van der Waals surface area (Å²) in [7, 11) is 0. The van der Waals surface area contributed by atoms with Gasteiger partial charge in [-0.3, -0.25) is 9.59 Å². The molecule has 116 valence electrons. The smallest absolute Gasteiger partial charge is 0.271 e. The summed E-state index contributed by atoms with van der Waals surface area (Å²) >= 11 is 0. The van der Waals surface area contributed by atoms with Gasteiger partial charge in [0.15, 0.2) is 0 Å². The van der Waals surface area contributed by atoms with Crippen molar-refractivity contribution in [3.63, 3.8) is 0 Å². The number of nitrogens with zero attached hydrogens (tertiary/aromatic N) is 1. The molecule has 5 nitrogen and oxygen atoms in total. The monoisotopic (exact) mass is 299 g/mol. The normalized spacial score (nSPS) is 16.9. The molecule has 0 saturated heterocycles. The fraction of sp³-hybridized carbons (Fsp3) is 0.412. The van der Waals surface area contributed by atoms with Crippen molar-refractivity contribution >= 4 is 23.2 Å². The van der Waals surface area contributed by atoms with Gasteiger partial charge in [0, 0.05) is 6.54 Å². The first kappa shape index (κ1) is 14.6. The van der Waals surface area contributed by atoms with E-state index in [0.717, 1.165) is 18.5 Å². The molecule has 5 heteroatoms. The molecule has 1 aromatic rings. The molecule has 0 spiro atoms. The number of rotatable bonds is 5. The van der Waals surface area contributed by atoms with Crippen LogP contribution >= 0.6 is 0 Å². The molecule has 3 rings (SSSR count). The van der Waals surface area contributed by atoms with Crippen LogP contribution in [0.25, 0.3) is 0 Å². The maximum absolute atomic E-state index is 12.5. The van der Waals surface area contributed by atoms with Crippen LogP contribution in [0.1, 0.15) is 32.6 Å². The Morgan fingerprint density at radius 2 is 1.77 bits per heavy atom. The number of carbonyl (C=O) groups excluding carboxylic acids is 2. The van der Waals surface area contributed by atoms with Gasteiger partial charge in [-0.25, -0.2) is 0 Å². The van der Waals surface area contributed by atoms with Crippen LogP contribution in [0.2, 0.25) is 0 Å². The Balaban J connectivity index is 1.74. The molecule has 0 fully saturated rings. The maximum atomic E-state index is 12.5. The number of anilines is 2. The largest absolute Gasteiger partial charge is 0.349 e. The van der Waals surface area contributed by atoms with Gasteiger partial charge in [0.05, 0.1) is 23.5 Å². The van der Waals surface area contributed by atoms with Crippen molar-refractivity contribution in [3.05, 3.63) is 35.5 Å². The lowest BCUT2D eigenvalue weighted by molar-refractivity contribution is -0.125. The van der Waals surface area contributed by atoms with E-state index in [1.807, 2.05) is 24.3 Å². The average molecular weight is 299 g/mol. The SMILES string of the molecule is CCCCCCN1CC2=C(Nc3ccccc3NC2=O)C1=O. The van der Waals surface area contributed by atoms with Crippen LogP contribution in [0.15, 0.2) is 35.5 Å². The lowest BCUT2D eigenvalue weighted by Gasteiger charge is -2.18. The standard InChI is InChI=1S/C17H21N3O2/c1-2-3-4-7-10-20-11-12-15(17(20)22)18-13-8-5-6-9-14(13)19-16(12)21/h5-6,8-9,18H,2-4,7,10-11H2,1H3,(H,19,21). The fourth-order valence-corrected chi connectivity index (χ4v) is 2.89. The van der Waals surface area contributed by atoms with E-state index >= 15 is 0 Å². The van der Waals surface area contributed by atoms with Crippen molar-refractivity contribution < 1.29 is 9.59 Å². The van der Waals surface area contributed by atoms with Gasteiger partial charge >= 0.3 is 0 Å².